The van der Waals surface area contributed by atoms with Gasteiger partial charge in [-0.15, -0.1) is 0 Å². The summed E-state index contributed by atoms with van der Waals surface area (Å²) in [5.74, 6) is -1.25. The summed E-state index contributed by atoms with van der Waals surface area (Å²) in [6, 6.07) is 14.7. The average molecular weight is 396 g/mol. The minimum absolute atomic E-state index is 0.0250. The molecule has 0 unspecified atom stereocenters. The maximum absolute atomic E-state index is 12.8. The van der Waals surface area contributed by atoms with Crippen LogP contribution in [0.15, 0.2) is 64.5 Å². The Kier molecular flexibility index (Phi) is 5.37. The van der Waals surface area contributed by atoms with Gasteiger partial charge in [-0.1, -0.05) is 30.3 Å². The van der Waals surface area contributed by atoms with Crippen molar-refractivity contribution in [3.05, 3.63) is 80.8 Å². The molecule has 1 amide bonds. The van der Waals surface area contributed by atoms with E-state index in [1.807, 2.05) is 0 Å². The number of carbonyl (C=O) groups is 1. The standard InChI is InChI=1S/C19H16N4O4S/c1-22-17(26)14(11-20-21-16(25)13-9-5-6-10-15(13)24)18(27)23(19(22)28)12-7-3-2-4-8-12/h2-11,24,26H,1H3,(H,21,25)/b20-11+. The zero-order chi connectivity index (χ0) is 20.3. The number of carbonyl (C=O) groups excluding carboxylic acids is 1. The molecule has 0 aliphatic heterocycles. The molecule has 3 rings (SSSR count). The number of benzene rings is 2. The summed E-state index contributed by atoms with van der Waals surface area (Å²) in [6.45, 7) is 0. The van der Waals surface area contributed by atoms with Gasteiger partial charge in [0.25, 0.3) is 11.5 Å². The minimum Gasteiger partial charge on any atom is -0.507 e. The number of nitrogens with one attached hydrogen (secondary N) is 1. The predicted octanol–water partition coefficient (Wildman–Crippen LogP) is 2.08. The van der Waals surface area contributed by atoms with Crippen molar-refractivity contribution in [2.45, 2.75) is 0 Å². The summed E-state index contributed by atoms with van der Waals surface area (Å²) in [7, 11) is 1.51. The number of phenolic OH excluding ortho intramolecular Hbond substituents is 1. The van der Waals surface area contributed by atoms with Crippen molar-refractivity contribution in [3.63, 3.8) is 0 Å². The number of nitrogens with zero attached hydrogens (tertiary/aromatic N) is 3. The van der Waals surface area contributed by atoms with Gasteiger partial charge in [0.15, 0.2) is 4.77 Å². The van der Waals surface area contributed by atoms with E-state index in [-0.39, 0.29) is 27.5 Å². The van der Waals surface area contributed by atoms with Gasteiger partial charge in [-0.3, -0.25) is 18.7 Å². The molecule has 9 heteroatoms. The summed E-state index contributed by atoms with van der Waals surface area (Å²) in [5, 5.41) is 23.7. The maximum atomic E-state index is 12.8. The second-order valence-corrected chi connectivity index (χ2v) is 6.14. The Balaban J connectivity index is 1.99. The Labute approximate surface area is 164 Å². The first-order valence-electron chi connectivity index (χ1n) is 8.13. The predicted molar refractivity (Wildman–Crippen MR) is 107 cm³/mol. The molecule has 0 fully saturated rings. The van der Waals surface area contributed by atoms with Gasteiger partial charge < -0.3 is 10.2 Å². The minimum atomic E-state index is -0.665. The van der Waals surface area contributed by atoms with Crippen molar-refractivity contribution >= 4 is 24.3 Å². The lowest BCUT2D eigenvalue weighted by Gasteiger charge is -2.12. The third-order valence-corrected chi connectivity index (χ3v) is 4.45. The van der Waals surface area contributed by atoms with Gasteiger partial charge in [0.1, 0.15) is 11.3 Å². The van der Waals surface area contributed by atoms with Gasteiger partial charge in [-0.05, 0) is 36.5 Å². The quantitative estimate of drug-likeness (QED) is 0.355. The van der Waals surface area contributed by atoms with Crippen LogP contribution in [-0.4, -0.2) is 31.5 Å². The topological polar surface area (TPSA) is 109 Å². The van der Waals surface area contributed by atoms with Gasteiger partial charge >= 0.3 is 0 Å². The van der Waals surface area contributed by atoms with E-state index in [9.17, 15) is 19.8 Å². The highest BCUT2D eigenvalue weighted by molar-refractivity contribution is 7.71. The van der Waals surface area contributed by atoms with Crippen LogP contribution in [0.5, 0.6) is 11.6 Å². The average Bonchev–Trinajstić information content (AvgIpc) is 2.70. The van der Waals surface area contributed by atoms with E-state index >= 15 is 0 Å². The van der Waals surface area contributed by atoms with Gasteiger partial charge in [0.05, 0.1) is 17.5 Å². The highest BCUT2D eigenvalue weighted by Gasteiger charge is 2.15. The molecular formula is C19H16N4O4S. The Morgan fingerprint density at radius 3 is 2.43 bits per heavy atom. The van der Waals surface area contributed by atoms with Gasteiger partial charge in [0.2, 0.25) is 5.88 Å². The number of aromatic hydroxyl groups is 2. The molecule has 3 aromatic rings. The molecule has 142 valence electrons. The molecule has 0 aliphatic rings. The molecular weight excluding hydrogens is 380 g/mol. The van der Waals surface area contributed by atoms with Crippen LogP contribution in [0.3, 0.4) is 0 Å². The van der Waals surface area contributed by atoms with E-state index in [1.54, 1.807) is 42.5 Å². The van der Waals surface area contributed by atoms with Crippen LogP contribution in [0.1, 0.15) is 15.9 Å². The first-order chi connectivity index (χ1) is 13.4. The monoisotopic (exact) mass is 396 g/mol. The Hall–Kier alpha value is -3.72. The van der Waals surface area contributed by atoms with Crippen molar-refractivity contribution in [3.8, 4) is 17.3 Å². The molecule has 2 aromatic carbocycles. The van der Waals surface area contributed by atoms with E-state index in [2.05, 4.69) is 10.5 Å². The van der Waals surface area contributed by atoms with Crippen molar-refractivity contribution in [2.24, 2.45) is 12.1 Å². The van der Waals surface area contributed by atoms with Crippen LogP contribution >= 0.6 is 12.2 Å². The number of hydrogen-bond acceptors (Lipinski definition) is 6. The van der Waals surface area contributed by atoms with Crippen LogP contribution in [-0.2, 0) is 7.05 Å². The molecule has 0 atom stereocenters. The molecule has 0 saturated heterocycles. The van der Waals surface area contributed by atoms with Crippen molar-refractivity contribution in [1.29, 1.82) is 0 Å². The highest BCUT2D eigenvalue weighted by Crippen LogP contribution is 2.16. The summed E-state index contributed by atoms with van der Waals surface area (Å²) >= 11 is 5.27. The van der Waals surface area contributed by atoms with Crippen LogP contribution in [0, 0.1) is 4.77 Å². The molecule has 0 aliphatic carbocycles. The Morgan fingerprint density at radius 2 is 1.75 bits per heavy atom. The lowest BCUT2D eigenvalue weighted by molar-refractivity contribution is 0.0952. The number of hydrazone groups is 1. The molecule has 0 radical (unpaired) electrons. The highest BCUT2D eigenvalue weighted by atomic mass is 32.1. The maximum Gasteiger partial charge on any atom is 0.275 e. The zero-order valence-corrected chi connectivity index (χ0v) is 15.6. The lowest BCUT2D eigenvalue weighted by atomic mass is 10.2. The summed E-state index contributed by atoms with van der Waals surface area (Å²) < 4.78 is 2.61. The van der Waals surface area contributed by atoms with E-state index in [1.165, 1.54) is 28.3 Å². The van der Waals surface area contributed by atoms with E-state index < -0.39 is 11.5 Å². The molecule has 0 spiro atoms. The fraction of sp³-hybridized carbons (Fsp3) is 0.0526. The third kappa shape index (κ3) is 3.55. The summed E-state index contributed by atoms with van der Waals surface area (Å²) in [4.78, 5) is 24.9. The largest absolute Gasteiger partial charge is 0.507 e. The third-order valence-electron chi connectivity index (χ3n) is 3.99. The lowest BCUT2D eigenvalue weighted by Crippen LogP contribution is -2.27. The molecule has 28 heavy (non-hydrogen) atoms. The molecule has 1 aromatic heterocycles. The Morgan fingerprint density at radius 1 is 1.11 bits per heavy atom. The van der Waals surface area contributed by atoms with Gasteiger partial charge in [0, 0.05) is 7.05 Å². The molecule has 1 heterocycles. The second-order valence-electron chi connectivity index (χ2n) is 5.77. The fourth-order valence-electron chi connectivity index (χ4n) is 2.52. The van der Waals surface area contributed by atoms with Crippen molar-refractivity contribution < 1.29 is 15.0 Å². The van der Waals surface area contributed by atoms with Crippen LogP contribution in [0.25, 0.3) is 5.69 Å². The van der Waals surface area contributed by atoms with Crippen LogP contribution < -0.4 is 11.0 Å². The Bertz CT molecular complexity index is 1180. The fourth-order valence-corrected chi connectivity index (χ4v) is 2.80. The van der Waals surface area contributed by atoms with E-state index in [4.69, 9.17) is 12.2 Å². The normalized spacial score (nSPS) is 10.9. The van der Waals surface area contributed by atoms with Crippen LogP contribution in [0.4, 0.5) is 0 Å². The number of amides is 1. The van der Waals surface area contributed by atoms with E-state index in [0.29, 0.717) is 5.69 Å². The zero-order valence-electron chi connectivity index (χ0n) is 14.7. The molecule has 0 saturated carbocycles. The number of aromatic nitrogens is 2. The van der Waals surface area contributed by atoms with Crippen molar-refractivity contribution in [2.75, 3.05) is 0 Å². The summed E-state index contributed by atoms with van der Waals surface area (Å²) in [6.07, 6.45) is 1.03. The molecule has 3 N–H and O–H groups in total. The van der Waals surface area contributed by atoms with Gasteiger partial charge in [-0.25, -0.2) is 5.43 Å². The number of phenols is 1. The first-order valence-corrected chi connectivity index (χ1v) is 8.54. The smallest absolute Gasteiger partial charge is 0.275 e. The van der Waals surface area contributed by atoms with Crippen LogP contribution in [0.2, 0.25) is 0 Å². The number of hydrogen-bond donors (Lipinski definition) is 3. The second kappa shape index (κ2) is 7.89. The number of para-hydroxylation sites is 2. The number of rotatable bonds is 4. The first kappa shape index (κ1) is 19.1. The summed E-state index contributed by atoms with van der Waals surface area (Å²) in [5.41, 5.74) is 2.02. The molecule has 0 bridgehead atoms. The van der Waals surface area contributed by atoms with Gasteiger partial charge in [-0.2, -0.15) is 5.10 Å². The van der Waals surface area contributed by atoms with E-state index in [0.717, 1.165) is 6.21 Å². The van der Waals surface area contributed by atoms with Crippen molar-refractivity contribution in [1.82, 2.24) is 14.6 Å². The molecule has 8 nitrogen and oxygen atoms in total. The SMILES string of the molecule is Cn1c(O)c(/C=N/NC(=O)c2ccccc2O)c(=O)n(-c2ccccc2)c1=S.